The third kappa shape index (κ3) is 2.99. The van der Waals surface area contributed by atoms with Crippen LogP contribution >= 0.6 is 0 Å². The molecule has 0 aliphatic heterocycles. The van der Waals surface area contributed by atoms with Gasteiger partial charge < -0.3 is 5.73 Å². The number of nitriles is 1. The first-order valence-corrected chi connectivity index (χ1v) is 8.72. The molecule has 0 spiro atoms. The highest BCUT2D eigenvalue weighted by Crippen LogP contribution is 2.44. The summed E-state index contributed by atoms with van der Waals surface area (Å²) in [7, 11) is 0. The van der Waals surface area contributed by atoms with E-state index >= 15 is 0 Å². The van der Waals surface area contributed by atoms with E-state index in [1.54, 1.807) is 6.07 Å². The van der Waals surface area contributed by atoms with E-state index in [2.05, 4.69) is 4.98 Å². The second kappa shape index (κ2) is 6.73. The van der Waals surface area contributed by atoms with Gasteiger partial charge in [-0.15, -0.1) is 0 Å². The van der Waals surface area contributed by atoms with E-state index in [9.17, 15) is 27.2 Å². The molecule has 1 unspecified atom stereocenters. The number of nitrogens with zero attached hydrogens (tertiary/aromatic N) is 2. The Kier molecular flexibility index (Phi) is 4.82. The van der Waals surface area contributed by atoms with E-state index in [0.29, 0.717) is 17.7 Å². The van der Waals surface area contributed by atoms with Gasteiger partial charge in [-0.2, -0.15) is 5.26 Å². The minimum atomic E-state index is -2.25. The number of benzene rings is 1. The summed E-state index contributed by atoms with van der Waals surface area (Å²) in [6.45, 7) is 5.99. The van der Waals surface area contributed by atoms with Crippen molar-refractivity contribution in [3.63, 3.8) is 0 Å². The Bertz CT molecular complexity index is 989. The number of aryl methyl sites for hydroxylation is 1. The van der Waals surface area contributed by atoms with E-state index in [-0.39, 0.29) is 29.1 Å². The summed E-state index contributed by atoms with van der Waals surface area (Å²) in [4.78, 5) is 4.16. The van der Waals surface area contributed by atoms with Gasteiger partial charge in [0.25, 0.3) is 0 Å². The van der Waals surface area contributed by atoms with E-state index in [4.69, 9.17) is 5.73 Å². The van der Waals surface area contributed by atoms with Gasteiger partial charge in [0, 0.05) is 11.3 Å². The lowest BCUT2D eigenvalue weighted by molar-refractivity contribution is 0.215. The zero-order valence-electron chi connectivity index (χ0n) is 15.6. The number of fused-ring (bicyclic) bond motifs is 1. The van der Waals surface area contributed by atoms with Crippen molar-refractivity contribution in [2.45, 2.75) is 40.0 Å². The van der Waals surface area contributed by atoms with Crippen LogP contribution in [0.1, 0.15) is 44.0 Å². The van der Waals surface area contributed by atoms with Crippen LogP contribution in [0.25, 0.3) is 11.1 Å². The number of nitrogen functional groups attached to an aromatic ring is 1. The van der Waals surface area contributed by atoms with Gasteiger partial charge in [-0.1, -0.05) is 20.8 Å². The molecule has 2 aromatic rings. The third-order valence-electron chi connectivity index (χ3n) is 5.39. The average Bonchev–Trinajstić information content (AvgIpc) is 2.63. The van der Waals surface area contributed by atoms with E-state index in [1.165, 1.54) is 0 Å². The maximum atomic E-state index is 14.5. The summed E-state index contributed by atoms with van der Waals surface area (Å²) < 4.78 is 70.3. The predicted octanol–water partition coefficient (Wildman–Crippen LogP) is 5.05. The molecule has 28 heavy (non-hydrogen) atoms. The number of halogens is 5. The van der Waals surface area contributed by atoms with Crippen molar-refractivity contribution in [2.24, 2.45) is 11.3 Å². The van der Waals surface area contributed by atoms with Crippen molar-refractivity contribution in [1.29, 1.82) is 5.26 Å². The summed E-state index contributed by atoms with van der Waals surface area (Å²) in [5.41, 5.74) is 4.45. The molecule has 0 amide bonds. The van der Waals surface area contributed by atoms with Gasteiger partial charge >= 0.3 is 0 Å². The number of pyridine rings is 1. The van der Waals surface area contributed by atoms with Crippen molar-refractivity contribution in [3.05, 3.63) is 45.9 Å². The van der Waals surface area contributed by atoms with Crippen LogP contribution in [0.5, 0.6) is 0 Å². The monoisotopic (exact) mass is 395 g/mol. The van der Waals surface area contributed by atoms with Crippen LogP contribution in [0.4, 0.5) is 27.8 Å². The first kappa shape index (κ1) is 20.1. The zero-order chi connectivity index (χ0) is 21.0. The molecule has 8 heteroatoms. The second-order valence-electron chi connectivity index (χ2n) is 8.03. The Labute approximate surface area is 159 Å². The van der Waals surface area contributed by atoms with Gasteiger partial charge in [-0.05, 0) is 36.2 Å². The molecule has 0 radical (unpaired) electrons. The number of aromatic nitrogens is 1. The lowest BCUT2D eigenvalue weighted by Gasteiger charge is -2.35. The molecule has 3 rings (SSSR count). The average molecular weight is 395 g/mol. The fraction of sp³-hybridized carbons (Fsp3) is 0.400. The number of hydrogen-bond acceptors (Lipinski definition) is 3. The molecule has 0 saturated carbocycles. The van der Waals surface area contributed by atoms with Gasteiger partial charge in [-0.25, -0.2) is 26.9 Å². The first-order chi connectivity index (χ1) is 13.0. The van der Waals surface area contributed by atoms with Crippen LogP contribution in [0.3, 0.4) is 0 Å². The predicted molar refractivity (Wildman–Crippen MR) is 93.6 cm³/mol. The normalized spacial score (nSPS) is 16.6. The topological polar surface area (TPSA) is 62.7 Å². The van der Waals surface area contributed by atoms with E-state index < -0.39 is 40.2 Å². The van der Waals surface area contributed by atoms with Gasteiger partial charge in [0.05, 0.1) is 5.56 Å². The minimum Gasteiger partial charge on any atom is -0.383 e. The molecule has 3 nitrogen and oxygen atoms in total. The van der Waals surface area contributed by atoms with E-state index in [1.807, 2.05) is 20.8 Å². The number of nitrogens with two attached hydrogens (primary N) is 1. The van der Waals surface area contributed by atoms with Crippen molar-refractivity contribution in [3.8, 4) is 17.2 Å². The lowest BCUT2D eigenvalue weighted by atomic mass is 9.70. The molecule has 1 aromatic carbocycles. The molecule has 1 aliphatic rings. The SMILES string of the molecule is CC(C)(C)C1CCc2nc(N)c(C#N)c(-c3c(F)c(F)c(F)c(F)c3F)c2C1. The van der Waals surface area contributed by atoms with Crippen LogP contribution in [-0.2, 0) is 12.8 Å². The highest BCUT2D eigenvalue weighted by Gasteiger charge is 2.36. The van der Waals surface area contributed by atoms with Crippen LogP contribution in [-0.4, -0.2) is 4.98 Å². The fourth-order valence-electron chi connectivity index (χ4n) is 3.73. The molecule has 1 heterocycles. The van der Waals surface area contributed by atoms with Gasteiger partial charge in [-0.3, -0.25) is 0 Å². The molecule has 0 saturated heterocycles. The Balaban J connectivity index is 2.41. The van der Waals surface area contributed by atoms with Crippen molar-refractivity contribution < 1.29 is 22.0 Å². The Morgan fingerprint density at radius 3 is 2.00 bits per heavy atom. The third-order valence-corrected chi connectivity index (χ3v) is 5.39. The highest BCUT2D eigenvalue weighted by atomic mass is 19.2. The Morgan fingerprint density at radius 2 is 1.50 bits per heavy atom. The Morgan fingerprint density at radius 1 is 0.964 bits per heavy atom. The lowest BCUT2D eigenvalue weighted by Crippen LogP contribution is -2.28. The van der Waals surface area contributed by atoms with E-state index in [0.717, 1.165) is 6.42 Å². The van der Waals surface area contributed by atoms with Crippen LogP contribution < -0.4 is 5.73 Å². The fourth-order valence-corrected chi connectivity index (χ4v) is 3.73. The molecule has 2 N–H and O–H groups in total. The molecular formula is C20H18F5N3. The van der Waals surface area contributed by atoms with Crippen molar-refractivity contribution >= 4 is 5.82 Å². The molecule has 1 aromatic heterocycles. The number of hydrogen-bond donors (Lipinski definition) is 1. The summed E-state index contributed by atoms with van der Waals surface area (Å²) in [6.07, 6.45) is 1.44. The summed E-state index contributed by atoms with van der Waals surface area (Å²) >= 11 is 0. The molecular weight excluding hydrogens is 377 g/mol. The maximum absolute atomic E-state index is 14.5. The van der Waals surface area contributed by atoms with Gasteiger partial charge in [0.2, 0.25) is 5.82 Å². The highest BCUT2D eigenvalue weighted by molar-refractivity contribution is 5.80. The second-order valence-corrected chi connectivity index (χ2v) is 8.03. The summed E-state index contributed by atoms with van der Waals surface area (Å²) in [6, 6.07) is 1.71. The quantitative estimate of drug-likeness (QED) is 0.418. The molecule has 148 valence electrons. The van der Waals surface area contributed by atoms with Crippen LogP contribution in [0.15, 0.2) is 0 Å². The minimum absolute atomic E-state index is 0.0667. The molecule has 1 aliphatic carbocycles. The largest absolute Gasteiger partial charge is 0.383 e. The molecule has 1 atom stereocenters. The molecule has 0 fully saturated rings. The summed E-state index contributed by atoms with van der Waals surface area (Å²) in [5, 5.41) is 9.49. The van der Waals surface area contributed by atoms with Crippen LogP contribution in [0, 0.1) is 51.8 Å². The molecule has 0 bridgehead atoms. The Hall–Kier alpha value is -2.69. The van der Waals surface area contributed by atoms with Gasteiger partial charge in [0.15, 0.2) is 23.3 Å². The maximum Gasteiger partial charge on any atom is 0.200 e. The smallest absolute Gasteiger partial charge is 0.200 e. The number of anilines is 1. The summed E-state index contributed by atoms with van der Waals surface area (Å²) in [5.74, 6) is -10.6. The van der Waals surface area contributed by atoms with Crippen molar-refractivity contribution in [2.75, 3.05) is 5.73 Å². The van der Waals surface area contributed by atoms with Gasteiger partial charge in [0.1, 0.15) is 17.5 Å². The van der Waals surface area contributed by atoms with Crippen molar-refractivity contribution in [1.82, 2.24) is 4.98 Å². The first-order valence-electron chi connectivity index (χ1n) is 8.72. The standard InChI is InChI=1S/C20H18F5N3/c1-20(2,3)8-4-5-11-9(6-8)12(10(7-26)19(27)28-11)13-14(21)16(23)18(25)17(24)15(13)22/h8H,4-6H2,1-3H3,(H2,27,28). The zero-order valence-corrected chi connectivity index (χ0v) is 15.6. The number of rotatable bonds is 1. The van der Waals surface area contributed by atoms with Crippen LogP contribution in [0.2, 0.25) is 0 Å².